The van der Waals surface area contributed by atoms with E-state index in [1.165, 1.54) is 0 Å². The molecule has 34 heavy (non-hydrogen) atoms. The van der Waals surface area contributed by atoms with Gasteiger partial charge in [-0.15, -0.1) is 0 Å². The summed E-state index contributed by atoms with van der Waals surface area (Å²) < 4.78 is 11.8. The summed E-state index contributed by atoms with van der Waals surface area (Å²) in [7, 11) is 0. The molecule has 0 spiro atoms. The van der Waals surface area contributed by atoms with Crippen molar-refractivity contribution in [3.8, 4) is 0 Å². The number of ketones is 1. The first-order chi connectivity index (χ1) is 15.9. The average Bonchev–Trinajstić information content (AvgIpc) is 3.19. The first-order valence-electron chi connectivity index (χ1n) is 13.7. The number of hydrogen-bond acceptors (Lipinski definition) is 6. The second kappa shape index (κ2) is 7.07. The van der Waals surface area contributed by atoms with Crippen molar-refractivity contribution in [1.82, 2.24) is 0 Å². The highest BCUT2D eigenvalue weighted by atomic mass is 16.7. The molecule has 4 aliphatic carbocycles. The van der Waals surface area contributed by atoms with Crippen molar-refractivity contribution in [2.24, 2.45) is 46.3 Å². The predicted octanol–water partition coefficient (Wildman–Crippen LogP) is 3.66. The minimum atomic E-state index is -0.779. The lowest BCUT2D eigenvalue weighted by Gasteiger charge is -2.62. The molecule has 2 aliphatic heterocycles. The van der Waals surface area contributed by atoms with Gasteiger partial charge in [0.2, 0.25) is 0 Å². The van der Waals surface area contributed by atoms with Crippen molar-refractivity contribution >= 4 is 11.8 Å². The molecule has 6 heteroatoms. The highest BCUT2D eigenvalue weighted by molar-refractivity contribution is 5.86. The van der Waals surface area contributed by atoms with Crippen LogP contribution in [0.5, 0.6) is 0 Å². The van der Waals surface area contributed by atoms with Gasteiger partial charge in [-0.2, -0.15) is 0 Å². The Balaban J connectivity index is 1.27. The highest BCUT2D eigenvalue weighted by Crippen LogP contribution is 2.68. The van der Waals surface area contributed by atoms with Gasteiger partial charge in [0.05, 0.1) is 12.2 Å². The van der Waals surface area contributed by atoms with E-state index in [-0.39, 0.29) is 41.2 Å². The first kappa shape index (κ1) is 23.4. The molecule has 6 nitrogen and oxygen atoms in total. The van der Waals surface area contributed by atoms with Gasteiger partial charge in [0.15, 0.2) is 5.60 Å². The lowest BCUT2D eigenvalue weighted by Crippen LogP contribution is -2.63. The van der Waals surface area contributed by atoms with Crippen LogP contribution < -0.4 is 0 Å². The smallest absolute Gasteiger partial charge is 0.341 e. The SMILES string of the molecule is CC(C1CC2(C)OC2(C)C(=O)O1)C1CCC2C3C(O)CC4C(O)CCC(=O)C4(C)C3CCC12C. The molecule has 4 saturated carbocycles. The molecule has 6 fully saturated rings. The number of cyclic esters (lactones) is 1. The fourth-order valence-electron chi connectivity index (χ4n) is 10.1. The molecule has 2 saturated heterocycles. The standard InChI is InChI=1S/C28H42O6/c1-14(21-13-26(3)28(5,34-26)24(32)33-21)15-6-7-16-23-17(10-11-25(15,16)2)27(4)18(12-20(23)30)19(29)8-9-22(27)31/h14-21,23,29-30H,6-13H2,1-5H3. The molecule has 0 amide bonds. The van der Waals surface area contributed by atoms with Crippen LogP contribution in [0.1, 0.15) is 86.0 Å². The summed E-state index contributed by atoms with van der Waals surface area (Å²) in [6, 6.07) is 0. The Kier molecular flexibility index (Phi) is 4.87. The summed E-state index contributed by atoms with van der Waals surface area (Å²) in [5.74, 6) is 1.19. The molecule has 0 aromatic heterocycles. The molecule has 6 aliphatic rings. The fraction of sp³-hybridized carbons (Fsp3) is 0.929. The first-order valence-corrected chi connectivity index (χ1v) is 13.7. The monoisotopic (exact) mass is 474 g/mol. The van der Waals surface area contributed by atoms with E-state index in [0.29, 0.717) is 36.9 Å². The van der Waals surface area contributed by atoms with Crippen LogP contribution in [0, 0.1) is 46.3 Å². The maximum atomic E-state index is 13.3. The maximum absolute atomic E-state index is 13.3. The minimum Gasteiger partial charge on any atom is -0.460 e. The lowest BCUT2D eigenvalue weighted by atomic mass is 9.43. The zero-order chi connectivity index (χ0) is 24.4. The Labute approximate surface area is 203 Å². The third kappa shape index (κ3) is 2.74. The van der Waals surface area contributed by atoms with Crippen LogP contribution in [0.4, 0.5) is 0 Å². The normalized spacial score (nSPS) is 59.3. The fourth-order valence-corrected chi connectivity index (χ4v) is 10.1. The molecule has 0 bridgehead atoms. The molecule has 0 aromatic rings. The van der Waals surface area contributed by atoms with Crippen LogP contribution in [0.2, 0.25) is 0 Å². The maximum Gasteiger partial charge on any atom is 0.341 e. The zero-order valence-electron chi connectivity index (χ0n) is 21.4. The third-order valence-electron chi connectivity index (χ3n) is 12.5. The van der Waals surface area contributed by atoms with Gasteiger partial charge >= 0.3 is 5.97 Å². The third-order valence-corrected chi connectivity index (χ3v) is 12.5. The van der Waals surface area contributed by atoms with Gasteiger partial charge in [-0.1, -0.05) is 20.8 Å². The number of epoxide rings is 1. The molecule has 190 valence electrons. The molecular formula is C28H42O6. The summed E-state index contributed by atoms with van der Waals surface area (Å²) in [5, 5.41) is 22.2. The van der Waals surface area contributed by atoms with Crippen LogP contribution in [0.25, 0.3) is 0 Å². The predicted molar refractivity (Wildman–Crippen MR) is 125 cm³/mol. The summed E-state index contributed by atoms with van der Waals surface area (Å²) in [6.07, 6.45) is 5.25. The second-order valence-electron chi connectivity index (χ2n) is 13.6. The Hall–Kier alpha value is -0.980. The molecule has 13 unspecified atom stereocenters. The van der Waals surface area contributed by atoms with Gasteiger partial charge in [-0.25, -0.2) is 4.79 Å². The van der Waals surface area contributed by atoms with Gasteiger partial charge in [0.1, 0.15) is 17.5 Å². The average molecular weight is 475 g/mol. The number of aliphatic hydroxyl groups excluding tert-OH is 2. The number of rotatable bonds is 2. The van der Waals surface area contributed by atoms with Gasteiger partial charge in [-0.3, -0.25) is 4.79 Å². The number of carbonyl (C=O) groups is 2. The topological polar surface area (TPSA) is 96.4 Å². The van der Waals surface area contributed by atoms with E-state index in [1.54, 1.807) is 0 Å². The molecule has 0 radical (unpaired) electrons. The van der Waals surface area contributed by atoms with Crippen molar-refractivity contribution in [2.45, 2.75) is 115 Å². The largest absolute Gasteiger partial charge is 0.460 e. The summed E-state index contributed by atoms with van der Waals surface area (Å²) in [6.45, 7) is 10.6. The Morgan fingerprint density at radius 1 is 0.941 bits per heavy atom. The van der Waals surface area contributed by atoms with Gasteiger partial charge in [-0.05, 0) is 93.3 Å². The molecule has 2 heterocycles. The lowest BCUT2D eigenvalue weighted by molar-refractivity contribution is -0.192. The number of hydrogen-bond donors (Lipinski definition) is 2. The van der Waals surface area contributed by atoms with Crippen LogP contribution in [0.15, 0.2) is 0 Å². The van der Waals surface area contributed by atoms with Crippen molar-refractivity contribution in [1.29, 1.82) is 0 Å². The number of esters is 1. The zero-order valence-corrected chi connectivity index (χ0v) is 21.4. The summed E-state index contributed by atoms with van der Waals surface area (Å²) >= 11 is 0. The quantitative estimate of drug-likeness (QED) is 0.468. The highest BCUT2D eigenvalue weighted by Gasteiger charge is 2.74. The van der Waals surface area contributed by atoms with Crippen molar-refractivity contribution < 1.29 is 29.3 Å². The number of fused-ring (bicyclic) bond motifs is 6. The Morgan fingerprint density at radius 3 is 2.38 bits per heavy atom. The van der Waals surface area contributed by atoms with Gasteiger partial charge in [0, 0.05) is 18.3 Å². The number of Topliss-reactive ketones (excluding diaryl/α,β-unsaturated/α-hetero) is 1. The van der Waals surface area contributed by atoms with Crippen molar-refractivity contribution in [2.75, 3.05) is 0 Å². The Morgan fingerprint density at radius 2 is 1.68 bits per heavy atom. The van der Waals surface area contributed by atoms with Crippen LogP contribution >= 0.6 is 0 Å². The summed E-state index contributed by atoms with van der Waals surface area (Å²) in [5.41, 5.74) is -1.66. The number of ether oxygens (including phenoxy) is 2. The molecular weight excluding hydrogens is 432 g/mol. The minimum absolute atomic E-state index is 0.0551. The molecule has 6 rings (SSSR count). The van der Waals surface area contributed by atoms with Crippen LogP contribution in [-0.4, -0.2) is 51.5 Å². The van der Waals surface area contributed by atoms with E-state index in [4.69, 9.17) is 9.47 Å². The van der Waals surface area contributed by atoms with E-state index in [9.17, 15) is 19.8 Å². The van der Waals surface area contributed by atoms with E-state index < -0.39 is 28.8 Å². The van der Waals surface area contributed by atoms with E-state index in [0.717, 1.165) is 32.1 Å². The molecule has 2 N–H and O–H groups in total. The second-order valence-corrected chi connectivity index (χ2v) is 13.6. The molecule has 13 atom stereocenters. The van der Waals surface area contributed by atoms with Crippen LogP contribution in [0.3, 0.4) is 0 Å². The van der Waals surface area contributed by atoms with Crippen molar-refractivity contribution in [3.63, 3.8) is 0 Å². The van der Waals surface area contributed by atoms with E-state index in [1.807, 2.05) is 13.8 Å². The summed E-state index contributed by atoms with van der Waals surface area (Å²) in [4.78, 5) is 26.0. The van der Waals surface area contributed by atoms with E-state index in [2.05, 4.69) is 20.8 Å². The van der Waals surface area contributed by atoms with Gasteiger partial charge < -0.3 is 19.7 Å². The number of aliphatic hydroxyl groups is 2. The van der Waals surface area contributed by atoms with E-state index >= 15 is 0 Å². The number of carbonyl (C=O) groups excluding carboxylic acids is 2. The molecule has 0 aromatic carbocycles. The van der Waals surface area contributed by atoms with Crippen molar-refractivity contribution in [3.05, 3.63) is 0 Å². The Bertz CT molecular complexity index is 919. The van der Waals surface area contributed by atoms with Gasteiger partial charge in [0.25, 0.3) is 0 Å². The van der Waals surface area contributed by atoms with Crippen LogP contribution in [-0.2, 0) is 19.1 Å².